The number of aliphatic hydroxyl groups excluding tert-OH is 1. The van der Waals surface area contributed by atoms with Crippen LogP contribution < -0.4 is 4.90 Å². The lowest BCUT2D eigenvalue weighted by Gasteiger charge is -2.38. The van der Waals surface area contributed by atoms with Gasteiger partial charge in [-0.05, 0) is 85.9 Å². The Hall–Kier alpha value is -3.46. The fourth-order valence-corrected chi connectivity index (χ4v) is 6.42. The fourth-order valence-electron chi connectivity index (χ4n) is 6.42. The van der Waals surface area contributed by atoms with Gasteiger partial charge >= 0.3 is 5.97 Å². The minimum absolute atomic E-state index is 0.278. The van der Waals surface area contributed by atoms with Crippen molar-refractivity contribution in [2.75, 3.05) is 44.9 Å². The zero-order valence-electron chi connectivity index (χ0n) is 26.0. The summed E-state index contributed by atoms with van der Waals surface area (Å²) in [6, 6.07) is 11.1. The Morgan fingerprint density at radius 2 is 1.86 bits per heavy atom. The molecular formula is C35H47N3O5. The molecule has 0 atom stereocenters. The summed E-state index contributed by atoms with van der Waals surface area (Å²) in [7, 11) is 1.00. The van der Waals surface area contributed by atoms with Gasteiger partial charge in [0.05, 0.1) is 11.6 Å². The second kappa shape index (κ2) is 15.3. The Balaban J connectivity index is 0.00000207. The number of hydrogen-bond acceptors (Lipinski definition) is 7. The molecule has 0 amide bonds. The van der Waals surface area contributed by atoms with Gasteiger partial charge in [0.2, 0.25) is 0 Å². The lowest BCUT2D eigenvalue weighted by Crippen LogP contribution is -2.42. The van der Waals surface area contributed by atoms with Crippen molar-refractivity contribution >= 4 is 17.4 Å². The molecular weight excluding hydrogens is 542 g/mol. The summed E-state index contributed by atoms with van der Waals surface area (Å²) < 4.78 is 12.0. The minimum Gasteiger partial charge on any atom is -0.488 e. The van der Waals surface area contributed by atoms with Crippen LogP contribution in [0.5, 0.6) is 0 Å². The van der Waals surface area contributed by atoms with E-state index in [1.165, 1.54) is 16.7 Å². The fraction of sp³-hybridized carbons (Fsp3) is 0.486. The standard InChI is InChI=1S/C34H43N3O4.CH4O/c1-5-29(31-7-6-8-32(35-31)36-14-9-26(10-15-36)34(38)39)33(23(2)3)41-22-25-19-24(4)30-21-37(16-11-27(30)20-25)28-12-17-40-18-13-28;1-2/h5-8,19-20,26,28H,1-2,9-18,21-22H2,3-4H3,(H,38,39);2H,1H3/b33-29-;. The molecule has 3 aliphatic heterocycles. The highest BCUT2D eigenvalue weighted by atomic mass is 16.5. The van der Waals surface area contributed by atoms with Crippen LogP contribution in [0.25, 0.3) is 5.57 Å². The van der Waals surface area contributed by atoms with Gasteiger partial charge in [0.25, 0.3) is 0 Å². The average molecular weight is 590 g/mol. The van der Waals surface area contributed by atoms with Crippen LogP contribution in [0.1, 0.15) is 60.6 Å². The Bertz CT molecular complexity index is 1320. The molecule has 5 rings (SSSR count). The second-order valence-electron chi connectivity index (χ2n) is 11.6. The van der Waals surface area contributed by atoms with E-state index < -0.39 is 5.97 Å². The van der Waals surface area contributed by atoms with Gasteiger partial charge in [-0.3, -0.25) is 9.69 Å². The van der Waals surface area contributed by atoms with E-state index in [1.54, 1.807) is 6.08 Å². The minimum atomic E-state index is -0.711. The Labute approximate surface area is 256 Å². The molecule has 8 heteroatoms. The topological polar surface area (TPSA) is 95.4 Å². The zero-order valence-corrected chi connectivity index (χ0v) is 26.0. The first kappa shape index (κ1) is 32.5. The first-order chi connectivity index (χ1) is 20.8. The lowest BCUT2D eigenvalue weighted by molar-refractivity contribution is -0.142. The van der Waals surface area contributed by atoms with Gasteiger partial charge in [0.1, 0.15) is 18.2 Å². The van der Waals surface area contributed by atoms with Crippen LogP contribution in [0.15, 0.2) is 60.9 Å². The molecule has 1 aromatic heterocycles. The number of anilines is 1. The second-order valence-corrected chi connectivity index (χ2v) is 11.6. The van der Waals surface area contributed by atoms with E-state index in [0.717, 1.165) is 80.9 Å². The number of ether oxygens (including phenoxy) is 2. The molecule has 1 aromatic carbocycles. The number of allylic oxidation sites excluding steroid dienone is 3. The summed E-state index contributed by atoms with van der Waals surface area (Å²) >= 11 is 0. The molecule has 0 radical (unpaired) electrons. The zero-order chi connectivity index (χ0) is 30.9. The molecule has 232 valence electrons. The van der Waals surface area contributed by atoms with E-state index in [1.807, 2.05) is 25.1 Å². The monoisotopic (exact) mass is 589 g/mol. The molecule has 3 aliphatic rings. The number of rotatable bonds is 9. The SMILES string of the molecule is C=C/C(=C(/OCc1cc(C)c2c(c1)CCN(C1CCOCC1)C2)C(=C)C)c1cccc(N2CCC(C(=O)O)CC2)n1.CO. The molecule has 0 unspecified atom stereocenters. The summed E-state index contributed by atoms with van der Waals surface area (Å²) in [4.78, 5) is 21.1. The van der Waals surface area contributed by atoms with Gasteiger partial charge in [-0.15, -0.1) is 0 Å². The molecule has 0 aliphatic carbocycles. The number of nitrogens with zero attached hydrogens (tertiary/aromatic N) is 3. The van der Waals surface area contributed by atoms with Crippen molar-refractivity contribution in [2.45, 2.75) is 65.1 Å². The van der Waals surface area contributed by atoms with Crippen molar-refractivity contribution in [2.24, 2.45) is 5.92 Å². The normalized spacial score (nSPS) is 18.6. The van der Waals surface area contributed by atoms with Gasteiger partial charge in [0.15, 0.2) is 0 Å². The van der Waals surface area contributed by atoms with Crippen molar-refractivity contribution in [1.29, 1.82) is 0 Å². The number of aromatic nitrogens is 1. The highest BCUT2D eigenvalue weighted by molar-refractivity contribution is 5.76. The number of carboxylic acids is 1. The maximum atomic E-state index is 11.4. The van der Waals surface area contributed by atoms with Gasteiger partial charge < -0.3 is 24.6 Å². The van der Waals surface area contributed by atoms with E-state index in [0.29, 0.717) is 44.3 Å². The van der Waals surface area contributed by atoms with Gasteiger partial charge in [-0.1, -0.05) is 37.4 Å². The molecule has 0 bridgehead atoms. The van der Waals surface area contributed by atoms with Crippen LogP contribution in [-0.2, 0) is 33.8 Å². The number of carbonyl (C=O) groups is 1. The summed E-state index contributed by atoms with van der Waals surface area (Å²) in [5.41, 5.74) is 7.76. The summed E-state index contributed by atoms with van der Waals surface area (Å²) in [6.45, 7) is 18.1. The van der Waals surface area contributed by atoms with Crippen molar-refractivity contribution in [3.8, 4) is 0 Å². The smallest absolute Gasteiger partial charge is 0.306 e. The molecule has 0 spiro atoms. The number of aliphatic hydroxyl groups is 1. The van der Waals surface area contributed by atoms with Crippen LogP contribution in [0.4, 0.5) is 5.82 Å². The third kappa shape index (κ3) is 7.93. The molecule has 2 N–H and O–H groups in total. The molecule has 8 nitrogen and oxygen atoms in total. The van der Waals surface area contributed by atoms with E-state index >= 15 is 0 Å². The molecule has 2 saturated heterocycles. The molecule has 4 heterocycles. The van der Waals surface area contributed by atoms with E-state index in [4.69, 9.17) is 19.6 Å². The largest absolute Gasteiger partial charge is 0.488 e. The summed E-state index contributed by atoms with van der Waals surface area (Å²) in [5.74, 6) is 0.541. The van der Waals surface area contributed by atoms with Crippen LogP contribution in [0.2, 0.25) is 0 Å². The maximum absolute atomic E-state index is 11.4. The lowest BCUT2D eigenvalue weighted by atomic mass is 9.91. The number of piperidine rings is 1. The van der Waals surface area contributed by atoms with Gasteiger partial charge in [0, 0.05) is 58.1 Å². The quantitative estimate of drug-likeness (QED) is 0.291. The summed E-state index contributed by atoms with van der Waals surface area (Å²) in [6.07, 6.45) is 6.35. The van der Waals surface area contributed by atoms with Gasteiger partial charge in [-0.25, -0.2) is 4.98 Å². The van der Waals surface area contributed by atoms with Crippen LogP contribution in [0.3, 0.4) is 0 Å². The maximum Gasteiger partial charge on any atom is 0.306 e. The number of pyridine rings is 1. The predicted molar refractivity (Wildman–Crippen MR) is 171 cm³/mol. The highest BCUT2D eigenvalue weighted by Gasteiger charge is 2.27. The van der Waals surface area contributed by atoms with Crippen molar-refractivity contribution in [3.63, 3.8) is 0 Å². The molecule has 43 heavy (non-hydrogen) atoms. The van der Waals surface area contributed by atoms with E-state index in [-0.39, 0.29) is 5.92 Å². The molecule has 2 aromatic rings. The van der Waals surface area contributed by atoms with E-state index in [9.17, 15) is 9.90 Å². The van der Waals surface area contributed by atoms with Crippen molar-refractivity contribution < 1.29 is 24.5 Å². The summed E-state index contributed by atoms with van der Waals surface area (Å²) in [5, 5.41) is 16.3. The molecule has 2 fully saturated rings. The first-order valence-corrected chi connectivity index (χ1v) is 15.3. The number of hydrogen-bond donors (Lipinski definition) is 2. The van der Waals surface area contributed by atoms with E-state index in [2.05, 4.69) is 42.0 Å². The average Bonchev–Trinajstić information content (AvgIpc) is 3.04. The van der Waals surface area contributed by atoms with Gasteiger partial charge in [-0.2, -0.15) is 0 Å². The highest BCUT2D eigenvalue weighted by Crippen LogP contribution is 2.31. The Morgan fingerprint density at radius 3 is 2.51 bits per heavy atom. The first-order valence-electron chi connectivity index (χ1n) is 15.3. The molecule has 0 saturated carbocycles. The Morgan fingerprint density at radius 1 is 1.14 bits per heavy atom. The predicted octanol–water partition coefficient (Wildman–Crippen LogP) is 5.53. The number of benzene rings is 1. The van der Waals surface area contributed by atoms with Crippen LogP contribution in [-0.4, -0.2) is 72.1 Å². The van der Waals surface area contributed by atoms with Crippen molar-refractivity contribution in [3.05, 3.63) is 88.8 Å². The van der Waals surface area contributed by atoms with Crippen LogP contribution in [0, 0.1) is 12.8 Å². The number of aliphatic carboxylic acids is 1. The third-order valence-electron chi connectivity index (χ3n) is 8.76. The number of aryl methyl sites for hydroxylation is 1. The third-order valence-corrected chi connectivity index (χ3v) is 8.76. The van der Waals surface area contributed by atoms with Crippen LogP contribution >= 0.6 is 0 Å². The van der Waals surface area contributed by atoms with Crippen molar-refractivity contribution in [1.82, 2.24) is 9.88 Å². The number of carboxylic acid groups (broad SMARTS) is 1. The Kier molecular flexibility index (Phi) is 11.6. The number of fused-ring (bicyclic) bond motifs is 1.